The standard InChI is InChI=1S/C20H34O4/c1-3-4-5-9-14-23-15-17-16(18-12-13-19(17)24-18)10-7-6-8-11-20(21)22-2/h6-7,16-19H,3-5,8-15H2,1-2H3/b7-6-/t16-,17+,18-,19+/m0/s1. The lowest BCUT2D eigenvalue weighted by Crippen LogP contribution is -2.30. The minimum Gasteiger partial charge on any atom is -0.469 e. The summed E-state index contributed by atoms with van der Waals surface area (Å²) in [7, 11) is 1.44. The molecule has 0 aromatic rings. The Hall–Kier alpha value is -0.870. The molecule has 0 saturated carbocycles. The fourth-order valence-electron chi connectivity index (χ4n) is 3.95. The fraction of sp³-hybridized carbons (Fsp3) is 0.850. The minimum absolute atomic E-state index is 0.141. The van der Waals surface area contributed by atoms with Gasteiger partial charge in [-0.3, -0.25) is 4.79 Å². The highest BCUT2D eigenvalue weighted by atomic mass is 16.5. The van der Waals surface area contributed by atoms with E-state index in [1.54, 1.807) is 0 Å². The molecule has 0 aromatic carbocycles. The third-order valence-electron chi connectivity index (χ3n) is 5.36. The molecule has 0 aliphatic carbocycles. The smallest absolute Gasteiger partial charge is 0.305 e. The third kappa shape index (κ3) is 5.89. The summed E-state index contributed by atoms with van der Waals surface area (Å²) in [4.78, 5) is 11.1. The van der Waals surface area contributed by atoms with Crippen LogP contribution in [-0.4, -0.2) is 38.5 Å². The highest BCUT2D eigenvalue weighted by Crippen LogP contribution is 2.45. The molecule has 2 heterocycles. The average Bonchev–Trinajstić information content (AvgIpc) is 3.19. The maximum absolute atomic E-state index is 11.1. The number of ether oxygens (including phenoxy) is 3. The molecule has 4 nitrogen and oxygen atoms in total. The quantitative estimate of drug-likeness (QED) is 0.303. The first-order valence-corrected chi connectivity index (χ1v) is 9.71. The van der Waals surface area contributed by atoms with Gasteiger partial charge in [0, 0.05) is 18.9 Å². The summed E-state index contributed by atoms with van der Waals surface area (Å²) >= 11 is 0. The van der Waals surface area contributed by atoms with Crippen LogP contribution in [0.2, 0.25) is 0 Å². The van der Waals surface area contributed by atoms with Crippen molar-refractivity contribution in [1.29, 1.82) is 0 Å². The zero-order valence-electron chi connectivity index (χ0n) is 15.4. The summed E-state index contributed by atoms with van der Waals surface area (Å²) in [5.41, 5.74) is 0. The van der Waals surface area contributed by atoms with E-state index < -0.39 is 0 Å². The number of fused-ring (bicyclic) bond motifs is 2. The SMILES string of the molecule is CCCCCCOC[C@@H]1[C@H](C/C=C\CCC(=O)OC)[C@@H]2CC[C@H]1O2. The molecule has 2 aliphatic rings. The Morgan fingerprint density at radius 1 is 1.12 bits per heavy atom. The fourth-order valence-corrected chi connectivity index (χ4v) is 3.95. The summed E-state index contributed by atoms with van der Waals surface area (Å²) in [6.45, 7) is 3.96. The van der Waals surface area contributed by atoms with Crippen molar-refractivity contribution in [3.8, 4) is 0 Å². The van der Waals surface area contributed by atoms with Gasteiger partial charge in [-0.25, -0.2) is 0 Å². The van der Waals surface area contributed by atoms with Crippen molar-refractivity contribution < 1.29 is 19.0 Å². The van der Waals surface area contributed by atoms with Gasteiger partial charge in [0.1, 0.15) is 0 Å². The van der Waals surface area contributed by atoms with Gasteiger partial charge in [-0.15, -0.1) is 0 Å². The number of carbonyl (C=O) groups excluding carboxylic acids is 1. The van der Waals surface area contributed by atoms with E-state index in [1.165, 1.54) is 45.6 Å². The molecule has 2 rings (SSSR count). The van der Waals surface area contributed by atoms with Crippen LogP contribution in [0.25, 0.3) is 0 Å². The van der Waals surface area contributed by atoms with E-state index in [0.29, 0.717) is 30.5 Å². The Labute approximate surface area is 146 Å². The largest absolute Gasteiger partial charge is 0.469 e. The van der Waals surface area contributed by atoms with E-state index in [-0.39, 0.29) is 5.97 Å². The monoisotopic (exact) mass is 338 g/mol. The molecule has 0 spiro atoms. The van der Waals surface area contributed by atoms with Crippen LogP contribution in [-0.2, 0) is 19.0 Å². The van der Waals surface area contributed by atoms with Crippen LogP contribution < -0.4 is 0 Å². The maximum atomic E-state index is 11.1. The second-order valence-electron chi connectivity index (χ2n) is 7.08. The predicted molar refractivity (Wildman–Crippen MR) is 94.8 cm³/mol. The van der Waals surface area contributed by atoms with E-state index in [9.17, 15) is 4.79 Å². The Morgan fingerprint density at radius 2 is 1.92 bits per heavy atom. The van der Waals surface area contributed by atoms with Crippen molar-refractivity contribution in [2.45, 2.75) is 76.9 Å². The molecule has 2 fully saturated rings. The van der Waals surface area contributed by atoms with Gasteiger partial charge in [-0.1, -0.05) is 38.3 Å². The number of rotatable bonds is 12. The normalized spacial score (nSPS) is 28.8. The molecule has 0 N–H and O–H groups in total. The molecule has 24 heavy (non-hydrogen) atoms. The summed E-state index contributed by atoms with van der Waals surface area (Å²) in [6.07, 6.45) is 14.8. The van der Waals surface area contributed by atoms with E-state index in [4.69, 9.17) is 9.47 Å². The van der Waals surface area contributed by atoms with Crippen LogP contribution in [0.4, 0.5) is 0 Å². The molecule has 4 heteroatoms. The van der Waals surface area contributed by atoms with Gasteiger partial charge in [0.15, 0.2) is 0 Å². The van der Waals surface area contributed by atoms with Crippen LogP contribution >= 0.6 is 0 Å². The molecular formula is C20H34O4. The number of carbonyl (C=O) groups is 1. The van der Waals surface area contributed by atoms with Gasteiger partial charge in [0.25, 0.3) is 0 Å². The van der Waals surface area contributed by atoms with Crippen LogP contribution in [0.5, 0.6) is 0 Å². The first kappa shape index (κ1) is 19.5. The first-order chi connectivity index (χ1) is 11.8. The van der Waals surface area contributed by atoms with Gasteiger partial charge in [0.05, 0.1) is 25.9 Å². The average molecular weight is 338 g/mol. The highest BCUT2D eigenvalue weighted by molar-refractivity contribution is 5.69. The molecule has 2 saturated heterocycles. The lowest BCUT2D eigenvalue weighted by Gasteiger charge is -2.27. The molecule has 2 aliphatic heterocycles. The summed E-state index contributed by atoms with van der Waals surface area (Å²) < 4.78 is 16.7. The first-order valence-electron chi connectivity index (χ1n) is 9.71. The molecule has 0 radical (unpaired) electrons. The Kier molecular flexibility index (Phi) is 8.82. The summed E-state index contributed by atoms with van der Waals surface area (Å²) in [5, 5.41) is 0. The third-order valence-corrected chi connectivity index (χ3v) is 5.36. The van der Waals surface area contributed by atoms with E-state index in [2.05, 4.69) is 23.8 Å². The molecular weight excluding hydrogens is 304 g/mol. The van der Waals surface area contributed by atoms with Crippen LogP contribution in [0.3, 0.4) is 0 Å². The van der Waals surface area contributed by atoms with Crippen LogP contribution in [0, 0.1) is 11.8 Å². The van der Waals surface area contributed by atoms with Crippen molar-refractivity contribution in [3.63, 3.8) is 0 Å². The second-order valence-corrected chi connectivity index (χ2v) is 7.08. The Bertz CT molecular complexity index is 393. The van der Waals surface area contributed by atoms with Gasteiger partial charge in [-0.05, 0) is 38.0 Å². The zero-order valence-corrected chi connectivity index (χ0v) is 15.4. The molecule has 138 valence electrons. The maximum Gasteiger partial charge on any atom is 0.305 e. The lowest BCUT2D eigenvalue weighted by atomic mass is 9.78. The van der Waals surface area contributed by atoms with E-state index >= 15 is 0 Å². The van der Waals surface area contributed by atoms with Gasteiger partial charge in [-0.2, -0.15) is 0 Å². The van der Waals surface area contributed by atoms with E-state index in [0.717, 1.165) is 26.1 Å². The van der Waals surface area contributed by atoms with Gasteiger partial charge in [0.2, 0.25) is 0 Å². The Balaban J connectivity index is 1.67. The van der Waals surface area contributed by atoms with Crippen molar-refractivity contribution in [3.05, 3.63) is 12.2 Å². The Morgan fingerprint density at radius 3 is 2.67 bits per heavy atom. The number of hydrogen-bond donors (Lipinski definition) is 0. The van der Waals surface area contributed by atoms with Gasteiger partial charge < -0.3 is 14.2 Å². The van der Waals surface area contributed by atoms with Crippen LogP contribution in [0.15, 0.2) is 12.2 Å². The molecule has 0 aromatic heterocycles. The van der Waals surface area contributed by atoms with Crippen LogP contribution in [0.1, 0.15) is 64.7 Å². The minimum atomic E-state index is -0.141. The van der Waals surface area contributed by atoms with Crippen molar-refractivity contribution in [2.75, 3.05) is 20.3 Å². The molecule has 0 amide bonds. The number of unbranched alkanes of at least 4 members (excludes halogenated alkanes) is 3. The molecule has 0 unspecified atom stereocenters. The zero-order chi connectivity index (χ0) is 17.2. The number of allylic oxidation sites excluding steroid dienone is 2. The summed E-state index contributed by atoms with van der Waals surface area (Å²) in [5.74, 6) is 0.978. The highest BCUT2D eigenvalue weighted by Gasteiger charge is 2.48. The number of methoxy groups -OCH3 is 1. The topological polar surface area (TPSA) is 44.8 Å². The van der Waals surface area contributed by atoms with Crippen molar-refractivity contribution in [2.24, 2.45) is 11.8 Å². The van der Waals surface area contributed by atoms with Crippen molar-refractivity contribution in [1.82, 2.24) is 0 Å². The predicted octanol–water partition coefficient (Wildman–Crippen LogP) is 4.28. The lowest BCUT2D eigenvalue weighted by molar-refractivity contribution is -0.140. The second kappa shape index (κ2) is 10.9. The molecule has 2 bridgehead atoms. The number of hydrogen-bond acceptors (Lipinski definition) is 4. The van der Waals surface area contributed by atoms with E-state index in [1.807, 2.05) is 0 Å². The molecule has 4 atom stereocenters. The number of esters is 1. The van der Waals surface area contributed by atoms with Crippen molar-refractivity contribution >= 4 is 5.97 Å². The summed E-state index contributed by atoms with van der Waals surface area (Å²) in [6, 6.07) is 0. The van der Waals surface area contributed by atoms with Gasteiger partial charge >= 0.3 is 5.97 Å².